The maximum atomic E-state index is 13.4. The van der Waals surface area contributed by atoms with Gasteiger partial charge in [-0.05, 0) is 50.5 Å². The van der Waals surface area contributed by atoms with Crippen molar-refractivity contribution in [2.75, 3.05) is 5.32 Å². The van der Waals surface area contributed by atoms with Crippen molar-refractivity contribution in [3.8, 4) is 0 Å². The van der Waals surface area contributed by atoms with Gasteiger partial charge in [0, 0.05) is 10.7 Å². The number of nitrogens with zero attached hydrogens (tertiary/aromatic N) is 3. The third-order valence-electron chi connectivity index (χ3n) is 2.79. The number of nitrogens with one attached hydrogen (secondary N) is 1. The molecule has 0 saturated carbocycles. The summed E-state index contributed by atoms with van der Waals surface area (Å²) in [7, 11) is 0. The summed E-state index contributed by atoms with van der Waals surface area (Å²) in [5.74, 6) is -0.569. The molecule has 0 radical (unpaired) electrons. The van der Waals surface area contributed by atoms with Gasteiger partial charge in [-0.15, -0.1) is 0 Å². The molecule has 0 atom stereocenters. The molecule has 3 rings (SSSR count). The lowest BCUT2D eigenvalue weighted by Crippen LogP contribution is -1.99. The highest BCUT2D eigenvalue weighted by Gasteiger charge is 2.25. The van der Waals surface area contributed by atoms with Crippen LogP contribution >= 0.6 is 27.5 Å². The van der Waals surface area contributed by atoms with Crippen LogP contribution in [0.25, 0.3) is 11.0 Å². The highest BCUT2D eigenvalue weighted by atomic mass is 79.9. The fourth-order valence-electron chi connectivity index (χ4n) is 1.95. The molecule has 0 aliphatic rings. The smallest absolute Gasteiger partial charge is 0.324 e. The van der Waals surface area contributed by atoms with E-state index in [0.717, 1.165) is 12.1 Å². The quantitative estimate of drug-likeness (QED) is 0.528. The number of aromatic nitrogens is 2. The molecule has 1 aromatic heterocycles. The van der Waals surface area contributed by atoms with Crippen LogP contribution in [0.5, 0.6) is 0 Å². The first kappa shape index (κ1) is 14.7. The lowest BCUT2D eigenvalue weighted by atomic mass is 10.2. The Morgan fingerprint density at radius 1 is 1.27 bits per heavy atom. The monoisotopic (exact) mass is 386 g/mol. The molecule has 0 spiro atoms. The van der Waals surface area contributed by atoms with E-state index in [4.69, 9.17) is 11.6 Å². The first-order chi connectivity index (χ1) is 10.5. The number of hydrogen-bond donors (Lipinski definition) is 1. The van der Waals surface area contributed by atoms with Gasteiger partial charge in [0.2, 0.25) is 5.52 Å². The summed E-state index contributed by atoms with van der Waals surface area (Å²) < 4.78 is 18.3. The highest BCUT2D eigenvalue weighted by molar-refractivity contribution is 9.10. The number of halogens is 3. The average Bonchev–Trinajstić information content (AvgIpc) is 2.86. The third-order valence-corrected chi connectivity index (χ3v) is 3.61. The van der Waals surface area contributed by atoms with Gasteiger partial charge in [-0.25, -0.2) is 9.02 Å². The van der Waals surface area contributed by atoms with Gasteiger partial charge in [0.05, 0.1) is 9.40 Å². The van der Waals surface area contributed by atoms with E-state index in [0.29, 0.717) is 4.47 Å². The molecule has 2 aromatic carbocycles. The van der Waals surface area contributed by atoms with Crippen molar-refractivity contribution in [3.05, 3.63) is 49.7 Å². The van der Waals surface area contributed by atoms with Crippen molar-refractivity contribution < 1.29 is 13.9 Å². The molecule has 0 aliphatic heterocycles. The zero-order valence-electron chi connectivity index (χ0n) is 10.5. The van der Waals surface area contributed by atoms with E-state index in [-0.39, 0.29) is 33.1 Å². The minimum Gasteiger partial charge on any atom is -0.350 e. The second-order valence-electron chi connectivity index (χ2n) is 4.26. The number of rotatable bonds is 3. The molecular weight excluding hydrogens is 383 g/mol. The predicted octanol–water partition coefficient (Wildman–Crippen LogP) is 4.43. The van der Waals surface area contributed by atoms with E-state index in [1.165, 1.54) is 12.1 Å². The first-order valence-electron chi connectivity index (χ1n) is 5.78. The van der Waals surface area contributed by atoms with Crippen LogP contribution in [0, 0.1) is 15.9 Å². The average molecular weight is 388 g/mol. The maximum absolute atomic E-state index is 13.4. The van der Waals surface area contributed by atoms with Crippen molar-refractivity contribution in [2.24, 2.45) is 0 Å². The Morgan fingerprint density at radius 2 is 2.00 bits per heavy atom. The zero-order chi connectivity index (χ0) is 15.9. The Hall–Kier alpha value is -2.26. The summed E-state index contributed by atoms with van der Waals surface area (Å²) in [6.07, 6.45) is 0. The summed E-state index contributed by atoms with van der Waals surface area (Å²) in [5.41, 5.74) is 0.219. The topological polar surface area (TPSA) is 94.1 Å². The fourth-order valence-corrected chi connectivity index (χ4v) is 2.66. The van der Waals surface area contributed by atoms with Gasteiger partial charge in [0.15, 0.2) is 5.52 Å². The molecule has 0 saturated heterocycles. The van der Waals surface area contributed by atoms with Gasteiger partial charge < -0.3 is 5.32 Å². The molecule has 0 bridgehead atoms. The lowest BCUT2D eigenvalue weighted by molar-refractivity contribution is -0.382. The number of anilines is 2. The Labute approximate surface area is 135 Å². The minimum absolute atomic E-state index is 0.0237. The van der Waals surface area contributed by atoms with Crippen LogP contribution in [0.1, 0.15) is 0 Å². The summed E-state index contributed by atoms with van der Waals surface area (Å²) >= 11 is 8.99. The molecule has 3 aromatic rings. The third kappa shape index (κ3) is 2.60. The van der Waals surface area contributed by atoms with E-state index >= 15 is 0 Å². The Balaban J connectivity index is 2.17. The molecule has 0 amide bonds. The number of fused-ring (bicyclic) bond motifs is 1. The summed E-state index contributed by atoms with van der Waals surface area (Å²) in [6.45, 7) is 0. The Morgan fingerprint density at radius 3 is 2.68 bits per heavy atom. The molecule has 10 heteroatoms. The minimum atomic E-state index is -0.623. The van der Waals surface area contributed by atoms with Crippen LogP contribution in [-0.2, 0) is 0 Å². The van der Waals surface area contributed by atoms with Crippen LogP contribution < -0.4 is 5.32 Å². The summed E-state index contributed by atoms with van der Waals surface area (Å²) in [6, 6.07) is 5.16. The molecular formula is C12H5BrClFN4O3. The number of nitro benzene ring substituents is 1. The van der Waals surface area contributed by atoms with Gasteiger partial charge in [0.25, 0.3) is 0 Å². The van der Waals surface area contributed by atoms with E-state index in [2.05, 4.69) is 36.2 Å². The molecule has 1 N–H and O–H groups in total. The van der Waals surface area contributed by atoms with E-state index in [9.17, 15) is 14.5 Å². The largest absolute Gasteiger partial charge is 0.350 e. The molecule has 0 aliphatic carbocycles. The van der Waals surface area contributed by atoms with Gasteiger partial charge in [-0.1, -0.05) is 11.6 Å². The van der Waals surface area contributed by atoms with Crippen LogP contribution in [0.15, 0.2) is 33.4 Å². The fraction of sp³-hybridized carbons (Fsp3) is 0. The molecule has 112 valence electrons. The van der Waals surface area contributed by atoms with Crippen molar-refractivity contribution in [1.82, 2.24) is 10.3 Å². The van der Waals surface area contributed by atoms with Gasteiger partial charge >= 0.3 is 5.69 Å². The molecule has 0 fully saturated rings. The van der Waals surface area contributed by atoms with Crippen molar-refractivity contribution in [3.63, 3.8) is 0 Å². The van der Waals surface area contributed by atoms with E-state index in [1.807, 2.05) is 0 Å². The normalized spacial score (nSPS) is 10.9. The van der Waals surface area contributed by atoms with Crippen molar-refractivity contribution >= 4 is 55.6 Å². The van der Waals surface area contributed by atoms with Crippen molar-refractivity contribution in [1.29, 1.82) is 0 Å². The van der Waals surface area contributed by atoms with Crippen LogP contribution in [0.4, 0.5) is 21.5 Å². The highest BCUT2D eigenvalue weighted by Crippen LogP contribution is 2.38. The van der Waals surface area contributed by atoms with Gasteiger partial charge in [0.1, 0.15) is 11.5 Å². The van der Waals surface area contributed by atoms with Crippen LogP contribution in [0.3, 0.4) is 0 Å². The Kier molecular flexibility index (Phi) is 3.67. The standard InChI is InChI=1S/C12H5BrClFN4O3/c13-8-4-9(16-7-2-5(14)1-6(15)3-7)12(19(20)21)11-10(8)17-22-18-11/h1-4,16H. The second-order valence-corrected chi connectivity index (χ2v) is 5.55. The number of benzene rings is 2. The molecule has 7 nitrogen and oxygen atoms in total. The zero-order valence-corrected chi connectivity index (χ0v) is 12.9. The van der Waals surface area contributed by atoms with Crippen molar-refractivity contribution in [2.45, 2.75) is 0 Å². The number of nitro groups is 1. The second kappa shape index (κ2) is 5.50. The molecule has 22 heavy (non-hydrogen) atoms. The number of hydrogen-bond acceptors (Lipinski definition) is 6. The van der Waals surface area contributed by atoms with Gasteiger partial charge in [-0.3, -0.25) is 10.1 Å². The predicted molar refractivity (Wildman–Crippen MR) is 80.9 cm³/mol. The van der Waals surface area contributed by atoms with Crippen LogP contribution in [-0.4, -0.2) is 15.2 Å². The van der Waals surface area contributed by atoms with E-state index < -0.39 is 10.7 Å². The van der Waals surface area contributed by atoms with Gasteiger partial charge in [-0.2, -0.15) is 0 Å². The SMILES string of the molecule is O=[N+]([O-])c1c(Nc2cc(F)cc(Cl)c2)cc(Br)c2nonc12. The summed E-state index contributed by atoms with van der Waals surface area (Å²) in [5, 5.41) is 21.4. The maximum Gasteiger partial charge on any atom is 0.324 e. The molecule has 0 unspecified atom stereocenters. The van der Waals surface area contributed by atoms with E-state index in [1.54, 1.807) is 0 Å². The van der Waals surface area contributed by atoms with Crippen LogP contribution in [0.2, 0.25) is 5.02 Å². The lowest BCUT2D eigenvalue weighted by Gasteiger charge is -2.08. The summed E-state index contributed by atoms with van der Waals surface area (Å²) in [4.78, 5) is 10.7. The Bertz CT molecular complexity index is 881. The molecule has 1 heterocycles. The first-order valence-corrected chi connectivity index (χ1v) is 6.95.